The van der Waals surface area contributed by atoms with Crippen molar-refractivity contribution in [2.24, 2.45) is 0 Å². The molecule has 0 fully saturated rings. The average molecular weight is 303 g/mol. The number of carbonyl (C=O) groups is 1. The fourth-order valence-corrected chi connectivity index (χ4v) is 1.68. The smallest absolute Gasteiger partial charge is 0.323 e. The van der Waals surface area contributed by atoms with E-state index in [-0.39, 0.29) is 23.7 Å². The van der Waals surface area contributed by atoms with E-state index in [0.717, 1.165) is 0 Å². The third-order valence-corrected chi connectivity index (χ3v) is 3.31. The van der Waals surface area contributed by atoms with Crippen molar-refractivity contribution in [3.8, 4) is 5.75 Å². The molecule has 0 saturated heterocycles. The number of carboxylic acid groups (broad SMARTS) is 1. The molecule has 1 atom stereocenters. The SMILES string of the molecule is CNC(C)(CCOc1ccc([N+](=O)[O-])c(Cl)c1)C(=O)O. The van der Waals surface area contributed by atoms with Crippen LogP contribution in [0.1, 0.15) is 13.3 Å². The van der Waals surface area contributed by atoms with E-state index in [1.165, 1.54) is 18.2 Å². The second kappa shape index (κ2) is 6.53. The van der Waals surface area contributed by atoms with Crippen LogP contribution < -0.4 is 10.1 Å². The molecule has 0 aliphatic carbocycles. The van der Waals surface area contributed by atoms with Crippen molar-refractivity contribution in [2.45, 2.75) is 18.9 Å². The summed E-state index contributed by atoms with van der Waals surface area (Å²) in [5.74, 6) is -0.630. The normalized spacial score (nSPS) is 13.6. The van der Waals surface area contributed by atoms with Crippen molar-refractivity contribution in [1.29, 1.82) is 0 Å². The lowest BCUT2D eigenvalue weighted by Crippen LogP contribution is -2.48. The third kappa shape index (κ3) is 3.82. The first-order valence-electron chi connectivity index (χ1n) is 5.79. The first-order chi connectivity index (χ1) is 9.30. The molecule has 0 aliphatic heterocycles. The molecule has 110 valence electrons. The van der Waals surface area contributed by atoms with Crippen LogP contribution in [0.15, 0.2) is 18.2 Å². The quantitative estimate of drug-likeness (QED) is 0.590. The first-order valence-corrected chi connectivity index (χ1v) is 6.17. The Morgan fingerprint density at radius 2 is 2.25 bits per heavy atom. The number of likely N-dealkylation sites (N-methyl/N-ethyl adjacent to an activating group) is 1. The summed E-state index contributed by atoms with van der Waals surface area (Å²) < 4.78 is 5.36. The molecule has 0 bridgehead atoms. The average Bonchev–Trinajstić information content (AvgIpc) is 2.37. The van der Waals surface area contributed by atoms with Crippen molar-refractivity contribution in [1.82, 2.24) is 5.32 Å². The summed E-state index contributed by atoms with van der Waals surface area (Å²) in [6, 6.07) is 3.99. The summed E-state index contributed by atoms with van der Waals surface area (Å²) in [5.41, 5.74) is -1.30. The summed E-state index contributed by atoms with van der Waals surface area (Å²) in [5, 5.41) is 22.3. The Morgan fingerprint density at radius 1 is 1.60 bits per heavy atom. The molecule has 1 unspecified atom stereocenters. The number of rotatable bonds is 7. The summed E-state index contributed by atoms with van der Waals surface area (Å²) in [6.07, 6.45) is 0.230. The van der Waals surface area contributed by atoms with Gasteiger partial charge in [-0.15, -0.1) is 0 Å². The molecule has 1 rings (SSSR count). The molecule has 0 heterocycles. The second-order valence-electron chi connectivity index (χ2n) is 4.36. The number of nitro groups is 1. The highest BCUT2D eigenvalue weighted by Gasteiger charge is 2.30. The number of nitro benzene ring substituents is 1. The molecule has 7 nitrogen and oxygen atoms in total. The number of aliphatic carboxylic acids is 1. The van der Waals surface area contributed by atoms with Gasteiger partial charge in [-0.05, 0) is 20.0 Å². The minimum atomic E-state index is -1.09. The van der Waals surface area contributed by atoms with E-state index in [0.29, 0.717) is 5.75 Å². The predicted molar refractivity (Wildman–Crippen MR) is 73.3 cm³/mol. The molecule has 1 aromatic rings. The molecule has 0 aromatic heterocycles. The Hall–Kier alpha value is -1.86. The van der Waals surface area contributed by atoms with Crippen LogP contribution in [0.2, 0.25) is 5.02 Å². The van der Waals surface area contributed by atoms with E-state index in [4.69, 9.17) is 21.4 Å². The number of carboxylic acids is 1. The zero-order chi connectivity index (χ0) is 15.3. The van der Waals surface area contributed by atoms with E-state index in [1.54, 1.807) is 14.0 Å². The largest absolute Gasteiger partial charge is 0.493 e. The Labute approximate surface area is 120 Å². The Bertz CT molecular complexity index is 523. The fraction of sp³-hybridized carbons (Fsp3) is 0.417. The molecule has 2 N–H and O–H groups in total. The van der Waals surface area contributed by atoms with E-state index in [2.05, 4.69) is 5.32 Å². The van der Waals surface area contributed by atoms with Crippen molar-refractivity contribution in [3.63, 3.8) is 0 Å². The lowest BCUT2D eigenvalue weighted by atomic mass is 9.99. The maximum Gasteiger partial charge on any atom is 0.323 e. The standard InChI is InChI=1S/C12H15ClN2O5/c1-12(14-2,11(16)17)5-6-20-8-3-4-10(15(18)19)9(13)7-8/h3-4,7,14H,5-6H2,1-2H3,(H,16,17). The number of ether oxygens (including phenoxy) is 1. The van der Waals surface area contributed by atoms with Gasteiger partial charge < -0.3 is 15.2 Å². The van der Waals surface area contributed by atoms with Gasteiger partial charge in [0.05, 0.1) is 11.5 Å². The number of halogens is 1. The van der Waals surface area contributed by atoms with Crippen LogP contribution in [0.5, 0.6) is 5.75 Å². The van der Waals surface area contributed by atoms with Gasteiger partial charge in [-0.1, -0.05) is 11.6 Å². The Kier molecular flexibility index (Phi) is 5.29. The molecule has 0 aliphatic rings. The number of nitrogens with zero attached hydrogens (tertiary/aromatic N) is 1. The highest BCUT2D eigenvalue weighted by atomic mass is 35.5. The van der Waals surface area contributed by atoms with Crippen LogP contribution in [-0.4, -0.2) is 35.2 Å². The van der Waals surface area contributed by atoms with Gasteiger partial charge in [0.2, 0.25) is 0 Å². The van der Waals surface area contributed by atoms with Crippen LogP contribution in [0.3, 0.4) is 0 Å². The molecular weight excluding hydrogens is 288 g/mol. The van der Waals surface area contributed by atoms with E-state index in [9.17, 15) is 14.9 Å². The number of hydrogen-bond donors (Lipinski definition) is 2. The van der Waals surface area contributed by atoms with Crippen molar-refractivity contribution in [2.75, 3.05) is 13.7 Å². The molecule has 8 heteroatoms. The van der Waals surface area contributed by atoms with E-state index >= 15 is 0 Å². The van der Waals surface area contributed by atoms with E-state index < -0.39 is 16.4 Å². The van der Waals surface area contributed by atoms with Gasteiger partial charge in [-0.25, -0.2) is 0 Å². The van der Waals surface area contributed by atoms with Gasteiger partial charge in [0, 0.05) is 18.6 Å². The molecule has 0 saturated carbocycles. The minimum absolute atomic E-state index is 0.0258. The molecule has 0 spiro atoms. The minimum Gasteiger partial charge on any atom is -0.493 e. The zero-order valence-corrected chi connectivity index (χ0v) is 11.8. The molecule has 20 heavy (non-hydrogen) atoms. The number of hydrogen-bond acceptors (Lipinski definition) is 5. The van der Waals surface area contributed by atoms with Crippen molar-refractivity contribution < 1.29 is 19.6 Å². The Morgan fingerprint density at radius 3 is 2.70 bits per heavy atom. The molecule has 1 aromatic carbocycles. The maximum atomic E-state index is 11.1. The molecule has 0 radical (unpaired) electrons. The van der Waals surface area contributed by atoms with Crippen LogP contribution in [-0.2, 0) is 4.79 Å². The van der Waals surface area contributed by atoms with E-state index in [1.807, 2.05) is 0 Å². The van der Waals surface area contributed by atoms with Gasteiger partial charge in [-0.2, -0.15) is 0 Å². The van der Waals surface area contributed by atoms with Gasteiger partial charge in [0.25, 0.3) is 5.69 Å². The lowest BCUT2D eigenvalue weighted by Gasteiger charge is -2.23. The highest BCUT2D eigenvalue weighted by Crippen LogP contribution is 2.28. The number of nitrogens with one attached hydrogen (secondary N) is 1. The number of benzene rings is 1. The maximum absolute atomic E-state index is 11.1. The van der Waals surface area contributed by atoms with Crippen molar-refractivity contribution in [3.05, 3.63) is 33.3 Å². The van der Waals surface area contributed by atoms with Gasteiger partial charge in [0.15, 0.2) is 0 Å². The fourth-order valence-electron chi connectivity index (χ4n) is 1.44. The topological polar surface area (TPSA) is 102 Å². The van der Waals surface area contributed by atoms with Crippen molar-refractivity contribution >= 4 is 23.3 Å². The van der Waals surface area contributed by atoms with Gasteiger partial charge in [0.1, 0.15) is 16.3 Å². The monoisotopic (exact) mass is 302 g/mol. The second-order valence-corrected chi connectivity index (χ2v) is 4.76. The van der Waals surface area contributed by atoms with Gasteiger partial charge in [-0.3, -0.25) is 14.9 Å². The highest BCUT2D eigenvalue weighted by molar-refractivity contribution is 6.32. The van der Waals surface area contributed by atoms with Crippen LogP contribution in [0, 0.1) is 10.1 Å². The predicted octanol–water partition coefficient (Wildman–Crippen LogP) is 2.08. The first kappa shape index (κ1) is 16.2. The summed E-state index contributed by atoms with van der Waals surface area (Å²) in [6.45, 7) is 1.68. The van der Waals surface area contributed by atoms with Crippen LogP contribution in [0.4, 0.5) is 5.69 Å². The summed E-state index contributed by atoms with van der Waals surface area (Å²) in [7, 11) is 1.55. The summed E-state index contributed by atoms with van der Waals surface area (Å²) in [4.78, 5) is 21.1. The molecule has 0 amide bonds. The van der Waals surface area contributed by atoms with Gasteiger partial charge >= 0.3 is 5.97 Å². The third-order valence-electron chi connectivity index (χ3n) is 3.01. The van der Waals surface area contributed by atoms with Crippen LogP contribution in [0.25, 0.3) is 0 Å². The lowest BCUT2D eigenvalue weighted by molar-refractivity contribution is -0.384. The zero-order valence-electron chi connectivity index (χ0n) is 11.1. The Balaban J connectivity index is 2.65. The summed E-state index contributed by atoms with van der Waals surface area (Å²) >= 11 is 5.74. The van der Waals surface area contributed by atoms with Crippen LogP contribution >= 0.6 is 11.6 Å². The molecular formula is C12H15ClN2O5.